The van der Waals surface area contributed by atoms with Gasteiger partial charge in [-0.1, -0.05) is 30.3 Å². The van der Waals surface area contributed by atoms with Crippen LogP contribution in [0.15, 0.2) is 42.5 Å². The van der Waals surface area contributed by atoms with Crippen LogP contribution in [0.25, 0.3) is 0 Å². The van der Waals surface area contributed by atoms with Crippen molar-refractivity contribution >= 4 is 17.5 Å². The molecule has 2 aromatic rings. The van der Waals surface area contributed by atoms with E-state index in [4.69, 9.17) is 0 Å². The maximum absolute atomic E-state index is 13.0. The maximum atomic E-state index is 13.0. The van der Waals surface area contributed by atoms with Crippen LogP contribution in [0.5, 0.6) is 0 Å². The van der Waals surface area contributed by atoms with Crippen molar-refractivity contribution < 1.29 is 9.59 Å². The third-order valence-electron chi connectivity index (χ3n) is 5.72. The van der Waals surface area contributed by atoms with Crippen molar-refractivity contribution in [2.45, 2.75) is 33.2 Å². The van der Waals surface area contributed by atoms with Gasteiger partial charge in [0.1, 0.15) is 0 Å². The third kappa shape index (κ3) is 3.00. The molecule has 134 valence electrons. The van der Waals surface area contributed by atoms with Gasteiger partial charge in [0.25, 0.3) is 0 Å². The Kier molecular flexibility index (Phi) is 4.27. The van der Waals surface area contributed by atoms with Gasteiger partial charge in [0.2, 0.25) is 11.8 Å². The molecular weight excluding hydrogens is 324 g/mol. The molecule has 0 aromatic heterocycles. The average Bonchev–Trinajstić information content (AvgIpc) is 3.04. The molecule has 1 saturated heterocycles. The van der Waals surface area contributed by atoms with Crippen molar-refractivity contribution in [1.82, 2.24) is 4.90 Å². The zero-order valence-corrected chi connectivity index (χ0v) is 15.4. The van der Waals surface area contributed by atoms with Crippen molar-refractivity contribution in [3.8, 4) is 0 Å². The fraction of sp³-hybridized carbons (Fsp3) is 0.364. The highest BCUT2D eigenvalue weighted by Gasteiger charge is 2.37. The summed E-state index contributed by atoms with van der Waals surface area (Å²) < 4.78 is 0. The van der Waals surface area contributed by atoms with Gasteiger partial charge in [-0.2, -0.15) is 0 Å². The van der Waals surface area contributed by atoms with E-state index in [-0.39, 0.29) is 17.7 Å². The summed E-state index contributed by atoms with van der Waals surface area (Å²) in [4.78, 5) is 29.2. The van der Waals surface area contributed by atoms with Crippen LogP contribution in [0.3, 0.4) is 0 Å². The highest BCUT2D eigenvalue weighted by Crippen LogP contribution is 2.29. The quantitative estimate of drug-likeness (QED) is 0.836. The Bertz CT molecular complexity index is 874. The molecule has 1 atom stereocenters. The second-order valence-corrected chi connectivity index (χ2v) is 7.45. The highest BCUT2D eigenvalue weighted by molar-refractivity contribution is 6.00. The monoisotopic (exact) mass is 348 g/mol. The molecule has 2 aromatic carbocycles. The summed E-state index contributed by atoms with van der Waals surface area (Å²) in [5.41, 5.74) is 5.83. The van der Waals surface area contributed by atoms with Crippen LogP contribution in [-0.2, 0) is 22.6 Å². The number of nitrogens with zero attached hydrogens (tertiary/aromatic N) is 2. The largest absolute Gasteiger partial charge is 0.338 e. The van der Waals surface area contributed by atoms with E-state index >= 15 is 0 Å². The van der Waals surface area contributed by atoms with Crippen LogP contribution in [0, 0.1) is 19.8 Å². The molecule has 0 aliphatic carbocycles. The molecule has 2 aliphatic heterocycles. The molecule has 0 radical (unpaired) electrons. The Balaban J connectivity index is 1.48. The lowest BCUT2D eigenvalue weighted by Gasteiger charge is -2.30. The molecule has 4 heteroatoms. The molecule has 26 heavy (non-hydrogen) atoms. The number of carbonyl (C=O) groups is 2. The molecule has 4 nitrogen and oxygen atoms in total. The molecule has 1 unspecified atom stereocenters. The van der Waals surface area contributed by atoms with Gasteiger partial charge >= 0.3 is 0 Å². The zero-order chi connectivity index (χ0) is 18.3. The lowest BCUT2D eigenvalue weighted by Crippen LogP contribution is -2.40. The number of fused-ring (bicyclic) bond motifs is 1. The third-order valence-corrected chi connectivity index (χ3v) is 5.72. The lowest BCUT2D eigenvalue weighted by atomic mass is 9.98. The van der Waals surface area contributed by atoms with Crippen LogP contribution in [-0.4, -0.2) is 29.8 Å². The molecule has 0 N–H and O–H groups in total. The Labute approximate surface area is 154 Å². The molecular formula is C22H24N2O2. The van der Waals surface area contributed by atoms with Crippen molar-refractivity contribution in [1.29, 1.82) is 0 Å². The van der Waals surface area contributed by atoms with E-state index in [1.165, 1.54) is 16.7 Å². The molecule has 1 fully saturated rings. The van der Waals surface area contributed by atoms with Crippen LogP contribution in [0.4, 0.5) is 5.69 Å². The van der Waals surface area contributed by atoms with Gasteiger partial charge in [0.15, 0.2) is 0 Å². The molecule has 2 heterocycles. The van der Waals surface area contributed by atoms with E-state index in [0.29, 0.717) is 19.5 Å². The number of hydrogen-bond donors (Lipinski definition) is 0. The molecule has 0 saturated carbocycles. The lowest BCUT2D eigenvalue weighted by molar-refractivity contribution is -0.136. The fourth-order valence-electron chi connectivity index (χ4n) is 3.96. The average molecular weight is 348 g/mol. The van der Waals surface area contributed by atoms with Crippen LogP contribution in [0.1, 0.15) is 28.7 Å². The number of benzene rings is 2. The first-order valence-electron chi connectivity index (χ1n) is 9.26. The SMILES string of the molecule is Cc1ccc(N2CC(C(=O)N3CCc4ccccc4C3)CC2=O)cc1C. The predicted octanol–water partition coefficient (Wildman–Crippen LogP) is 3.24. The van der Waals surface area contributed by atoms with E-state index in [9.17, 15) is 9.59 Å². The fourth-order valence-corrected chi connectivity index (χ4v) is 3.96. The van der Waals surface area contributed by atoms with Crippen LogP contribution < -0.4 is 4.90 Å². The summed E-state index contributed by atoms with van der Waals surface area (Å²) in [5, 5.41) is 0. The first-order chi connectivity index (χ1) is 12.5. The topological polar surface area (TPSA) is 40.6 Å². The van der Waals surface area contributed by atoms with Crippen molar-refractivity contribution in [3.05, 3.63) is 64.7 Å². The van der Waals surface area contributed by atoms with Crippen molar-refractivity contribution in [2.24, 2.45) is 5.92 Å². The van der Waals surface area contributed by atoms with E-state index in [1.807, 2.05) is 42.2 Å². The smallest absolute Gasteiger partial charge is 0.228 e. The molecule has 0 bridgehead atoms. The Morgan fingerprint density at radius 2 is 1.81 bits per heavy atom. The number of carbonyl (C=O) groups excluding carboxylic acids is 2. The van der Waals surface area contributed by atoms with Gasteiger partial charge in [-0.3, -0.25) is 9.59 Å². The molecule has 0 spiro atoms. The second kappa shape index (κ2) is 6.60. The number of aryl methyl sites for hydroxylation is 2. The van der Waals surface area contributed by atoms with E-state index < -0.39 is 0 Å². The number of hydrogen-bond acceptors (Lipinski definition) is 2. The number of amides is 2. The van der Waals surface area contributed by atoms with Gasteiger partial charge in [0, 0.05) is 31.7 Å². The predicted molar refractivity (Wildman–Crippen MR) is 102 cm³/mol. The molecule has 2 amide bonds. The maximum Gasteiger partial charge on any atom is 0.228 e. The van der Waals surface area contributed by atoms with Crippen LogP contribution >= 0.6 is 0 Å². The number of anilines is 1. The minimum atomic E-state index is -0.241. The minimum absolute atomic E-state index is 0.0454. The van der Waals surface area contributed by atoms with Crippen LogP contribution in [0.2, 0.25) is 0 Å². The second-order valence-electron chi connectivity index (χ2n) is 7.45. The summed E-state index contributed by atoms with van der Waals surface area (Å²) in [6.07, 6.45) is 1.20. The van der Waals surface area contributed by atoms with Crippen molar-refractivity contribution in [2.75, 3.05) is 18.0 Å². The minimum Gasteiger partial charge on any atom is -0.338 e. The molecule has 2 aliphatic rings. The van der Waals surface area contributed by atoms with Gasteiger partial charge < -0.3 is 9.80 Å². The summed E-state index contributed by atoms with van der Waals surface area (Å²) in [6, 6.07) is 14.4. The first-order valence-corrected chi connectivity index (χ1v) is 9.26. The summed E-state index contributed by atoms with van der Waals surface area (Å²) in [5.74, 6) is -0.0856. The van der Waals surface area contributed by atoms with E-state index in [1.54, 1.807) is 4.90 Å². The van der Waals surface area contributed by atoms with Gasteiger partial charge in [0.05, 0.1) is 5.92 Å². The van der Waals surface area contributed by atoms with Crippen molar-refractivity contribution in [3.63, 3.8) is 0 Å². The summed E-state index contributed by atoms with van der Waals surface area (Å²) in [7, 11) is 0. The van der Waals surface area contributed by atoms with Gasteiger partial charge in [-0.15, -0.1) is 0 Å². The normalized spacial score (nSPS) is 19.6. The van der Waals surface area contributed by atoms with Gasteiger partial charge in [-0.25, -0.2) is 0 Å². The van der Waals surface area contributed by atoms with E-state index in [2.05, 4.69) is 19.1 Å². The Hall–Kier alpha value is -2.62. The Morgan fingerprint density at radius 1 is 1.04 bits per heavy atom. The zero-order valence-electron chi connectivity index (χ0n) is 15.4. The number of rotatable bonds is 2. The van der Waals surface area contributed by atoms with E-state index in [0.717, 1.165) is 24.2 Å². The summed E-state index contributed by atoms with van der Waals surface area (Å²) >= 11 is 0. The first kappa shape index (κ1) is 16.8. The standard InChI is InChI=1S/C22H24N2O2/c1-15-7-8-20(11-16(15)2)24-14-19(12-21(24)25)22(26)23-10-9-17-5-3-4-6-18(17)13-23/h3-8,11,19H,9-10,12-14H2,1-2H3. The Morgan fingerprint density at radius 3 is 2.58 bits per heavy atom. The highest BCUT2D eigenvalue weighted by atomic mass is 16.2. The summed E-state index contributed by atoms with van der Waals surface area (Å²) in [6.45, 7) is 5.99. The molecule has 4 rings (SSSR count). The van der Waals surface area contributed by atoms with Gasteiger partial charge in [-0.05, 0) is 54.7 Å².